The van der Waals surface area contributed by atoms with Crippen LogP contribution in [0.15, 0.2) is 60.8 Å². The summed E-state index contributed by atoms with van der Waals surface area (Å²) in [5.74, 6) is 0.250. The third kappa shape index (κ3) is 4.84. The molecule has 1 N–H and O–H groups in total. The third-order valence-corrected chi connectivity index (χ3v) is 4.39. The van der Waals surface area contributed by atoms with E-state index in [4.69, 9.17) is 23.2 Å². The van der Waals surface area contributed by atoms with Crippen molar-refractivity contribution in [3.8, 4) is 0 Å². The maximum atomic E-state index is 12.1. The van der Waals surface area contributed by atoms with Crippen molar-refractivity contribution in [2.24, 2.45) is 0 Å². The van der Waals surface area contributed by atoms with Gasteiger partial charge in [-0.25, -0.2) is 0 Å². The Labute approximate surface area is 156 Å². The van der Waals surface area contributed by atoms with E-state index in [0.717, 1.165) is 11.1 Å². The lowest BCUT2D eigenvalue weighted by Gasteiger charge is -2.05. The van der Waals surface area contributed by atoms with Gasteiger partial charge in [-0.3, -0.25) is 9.48 Å². The summed E-state index contributed by atoms with van der Waals surface area (Å²) in [6.07, 6.45) is 2.72. The molecule has 0 bridgehead atoms. The number of carbonyl (C=O) groups excluding carboxylic acids is 1. The average Bonchev–Trinajstić information content (AvgIpc) is 2.95. The molecule has 2 aromatic carbocycles. The van der Waals surface area contributed by atoms with Gasteiger partial charge in [-0.1, -0.05) is 71.7 Å². The van der Waals surface area contributed by atoms with Crippen molar-refractivity contribution in [3.63, 3.8) is 0 Å². The molecule has 1 aromatic heterocycles. The number of hydrogen-bond donors (Lipinski definition) is 1. The van der Waals surface area contributed by atoms with Gasteiger partial charge < -0.3 is 5.32 Å². The Kier molecular flexibility index (Phi) is 5.74. The van der Waals surface area contributed by atoms with Crippen LogP contribution in [-0.2, 0) is 17.8 Å². The summed E-state index contributed by atoms with van der Waals surface area (Å²) < 4.78 is 1.66. The summed E-state index contributed by atoms with van der Waals surface area (Å²) in [6.45, 7) is 0.485. The van der Waals surface area contributed by atoms with Crippen LogP contribution in [0.2, 0.25) is 10.0 Å². The normalized spacial score (nSPS) is 10.6. The lowest BCUT2D eigenvalue weighted by molar-refractivity contribution is -0.116. The number of aromatic nitrogens is 2. The highest BCUT2D eigenvalue weighted by Gasteiger charge is 2.11. The Morgan fingerprint density at radius 3 is 2.48 bits per heavy atom. The number of aryl methyl sites for hydroxylation is 1. The summed E-state index contributed by atoms with van der Waals surface area (Å²) >= 11 is 12.3. The van der Waals surface area contributed by atoms with E-state index in [1.807, 2.05) is 54.6 Å². The quantitative estimate of drug-likeness (QED) is 0.673. The topological polar surface area (TPSA) is 46.9 Å². The second kappa shape index (κ2) is 8.19. The van der Waals surface area contributed by atoms with Gasteiger partial charge in [-0.05, 0) is 23.6 Å². The summed E-state index contributed by atoms with van der Waals surface area (Å²) in [7, 11) is 0. The van der Waals surface area contributed by atoms with E-state index < -0.39 is 0 Å². The van der Waals surface area contributed by atoms with Crippen molar-refractivity contribution < 1.29 is 4.79 Å². The highest BCUT2D eigenvalue weighted by atomic mass is 35.5. The number of nitrogens with one attached hydrogen (secondary N) is 1. The summed E-state index contributed by atoms with van der Waals surface area (Å²) in [5, 5.41) is 8.17. The zero-order chi connectivity index (χ0) is 17.6. The lowest BCUT2D eigenvalue weighted by atomic mass is 10.1. The van der Waals surface area contributed by atoms with E-state index in [0.29, 0.717) is 35.2 Å². The Bertz CT molecular complexity index is 862. The van der Waals surface area contributed by atoms with E-state index in [2.05, 4.69) is 10.4 Å². The Hall–Kier alpha value is -2.30. The van der Waals surface area contributed by atoms with Crippen molar-refractivity contribution >= 4 is 34.9 Å². The van der Waals surface area contributed by atoms with Crippen LogP contribution in [0.1, 0.15) is 17.5 Å². The Morgan fingerprint density at radius 2 is 1.72 bits per heavy atom. The SMILES string of the molecule is O=C(CCc1ccccc1)Nc1nn(Cc2ccccc2Cl)cc1Cl. The van der Waals surface area contributed by atoms with Crippen LogP contribution in [-0.4, -0.2) is 15.7 Å². The molecule has 0 saturated carbocycles. The molecule has 0 aliphatic heterocycles. The van der Waals surface area contributed by atoms with Gasteiger partial charge in [0.25, 0.3) is 0 Å². The van der Waals surface area contributed by atoms with Crippen molar-refractivity contribution in [1.29, 1.82) is 0 Å². The molecule has 0 radical (unpaired) electrons. The summed E-state index contributed by atoms with van der Waals surface area (Å²) in [6, 6.07) is 17.4. The number of anilines is 1. The number of hydrogen-bond acceptors (Lipinski definition) is 2. The lowest BCUT2D eigenvalue weighted by Crippen LogP contribution is -2.13. The zero-order valence-electron chi connectivity index (χ0n) is 13.5. The van der Waals surface area contributed by atoms with Crippen LogP contribution < -0.4 is 5.32 Å². The zero-order valence-corrected chi connectivity index (χ0v) is 15.0. The van der Waals surface area contributed by atoms with Gasteiger partial charge in [0.1, 0.15) is 5.02 Å². The molecule has 25 heavy (non-hydrogen) atoms. The number of carbonyl (C=O) groups is 1. The van der Waals surface area contributed by atoms with Crippen molar-refractivity contribution in [2.45, 2.75) is 19.4 Å². The van der Waals surface area contributed by atoms with Gasteiger partial charge in [0.15, 0.2) is 5.82 Å². The molecule has 6 heteroatoms. The average molecular weight is 374 g/mol. The van der Waals surface area contributed by atoms with Crippen LogP contribution in [0, 0.1) is 0 Å². The summed E-state index contributed by atoms with van der Waals surface area (Å²) in [5.41, 5.74) is 2.05. The molecule has 1 heterocycles. The molecule has 3 rings (SSSR count). The summed E-state index contributed by atoms with van der Waals surface area (Å²) in [4.78, 5) is 12.1. The first-order chi connectivity index (χ1) is 12.1. The number of benzene rings is 2. The van der Waals surface area contributed by atoms with Gasteiger partial charge in [-0.2, -0.15) is 5.10 Å². The van der Waals surface area contributed by atoms with E-state index in [9.17, 15) is 4.79 Å². The van der Waals surface area contributed by atoms with Gasteiger partial charge in [0, 0.05) is 17.6 Å². The fraction of sp³-hybridized carbons (Fsp3) is 0.158. The fourth-order valence-electron chi connectivity index (χ4n) is 2.46. The van der Waals surface area contributed by atoms with Gasteiger partial charge in [0.05, 0.1) is 6.54 Å². The van der Waals surface area contributed by atoms with Crippen LogP contribution in [0.5, 0.6) is 0 Å². The van der Waals surface area contributed by atoms with E-state index in [1.54, 1.807) is 10.9 Å². The molecule has 0 fully saturated rings. The highest BCUT2D eigenvalue weighted by Crippen LogP contribution is 2.22. The first-order valence-electron chi connectivity index (χ1n) is 7.92. The molecule has 128 valence electrons. The van der Waals surface area contributed by atoms with Crippen molar-refractivity contribution in [1.82, 2.24) is 9.78 Å². The molecule has 0 aliphatic rings. The minimum absolute atomic E-state index is 0.117. The second-order valence-corrected chi connectivity index (χ2v) is 6.46. The number of amides is 1. The molecule has 0 saturated heterocycles. The molecule has 0 unspecified atom stereocenters. The maximum Gasteiger partial charge on any atom is 0.225 e. The van der Waals surface area contributed by atoms with Crippen molar-refractivity contribution in [3.05, 3.63) is 82.0 Å². The second-order valence-electron chi connectivity index (χ2n) is 5.65. The van der Waals surface area contributed by atoms with Crippen LogP contribution >= 0.6 is 23.2 Å². The van der Waals surface area contributed by atoms with Crippen LogP contribution in [0.3, 0.4) is 0 Å². The predicted molar refractivity (Wildman–Crippen MR) is 101 cm³/mol. The van der Waals surface area contributed by atoms with Crippen LogP contribution in [0.25, 0.3) is 0 Å². The number of rotatable bonds is 6. The van der Waals surface area contributed by atoms with E-state index in [-0.39, 0.29) is 5.91 Å². The third-order valence-electron chi connectivity index (χ3n) is 3.75. The van der Waals surface area contributed by atoms with Gasteiger partial charge in [0.2, 0.25) is 5.91 Å². The van der Waals surface area contributed by atoms with E-state index in [1.165, 1.54) is 0 Å². The van der Waals surface area contributed by atoms with Gasteiger partial charge in [-0.15, -0.1) is 0 Å². The van der Waals surface area contributed by atoms with E-state index >= 15 is 0 Å². The highest BCUT2D eigenvalue weighted by molar-refractivity contribution is 6.33. The molecule has 0 aliphatic carbocycles. The van der Waals surface area contributed by atoms with Gasteiger partial charge >= 0.3 is 0 Å². The minimum Gasteiger partial charge on any atom is -0.308 e. The molecule has 4 nitrogen and oxygen atoms in total. The molecule has 1 amide bonds. The first-order valence-corrected chi connectivity index (χ1v) is 8.67. The maximum absolute atomic E-state index is 12.1. The predicted octanol–water partition coefficient (Wildman–Crippen LogP) is 4.81. The molecular weight excluding hydrogens is 357 g/mol. The Balaban J connectivity index is 1.60. The van der Waals surface area contributed by atoms with Crippen LogP contribution in [0.4, 0.5) is 5.82 Å². The number of halogens is 2. The Morgan fingerprint density at radius 1 is 1.00 bits per heavy atom. The molecule has 0 atom stereocenters. The monoisotopic (exact) mass is 373 g/mol. The largest absolute Gasteiger partial charge is 0.308 e. The standard InChI is InChI=1S/C19H17Cl2N3O/c20-16-9-5-4-8-15(16)12-24-13-17(21)19(23-24)22-18(25)11-10-14-6-2-1-3-7-14/h1-9,13H,10-12H2,(H,22,23,25). The smallest absolute Gasteiger partial charge is 0.225 e. The first kappa shape index (κ1) is 17.5. The molecule has 3 aromatic rings. The minimum atomic E-state index is -0.117. The number of nitrogens with zero attached hydrogens (tertiary/aromatic N) is 2. The van der Waals surface area contributed by atoms with Crippen molar-refractivity contribution in [2.75, 3.05) is 5.32 Å². The molecule has 0 spiro atoms. The fourth-order valence-corrected chi connectivity index (χ4v) is 2.85. The molecular formula is C19H17Cl2N3O.